The summed E-state index contributed by atoms with van der Waals surface area (Å²) >= 11 is 0. The van der Waals surface area contributed by atoms with Crippen molar-refractivity contribution in [3.05, 3.63) is 35.4 Å². The van der Waals surface area contributed by atoms with Crippen LogP contribution in [0.5, 0.6) is 0 Å². The number of hydrogen-bond acceptors (Lipinski definition) is 2. The fourth-order valence-electron chi connectivity index (χ4n) is 2.65. The third-order valence-corrected chi connectivity index (χ3v) is 3.62. The lowest BCUT2D eigenvalue weighted by Gasteiger charge is -2.30. The van der Waals surface area contributed by atoms with Crippen LogP contribution in [-0.4, -0.2) is 24.5 Å². The van der Waals surface area contributed by atoms with Crippen molar-refractivity contribution in [2.24, 2.45) is 5.73 Å². The van der Waals surface area contributed by atoms with E-state index in [0.717, 1.165) is 32.0 Å². The lowest BCUT2D eigenvalue weighted by Crippen LogP contribution is -2.35. The Hall–Kier alpha value is -1.00. The maximum Gasteiger partial charge on any atom is 0.128 e. The normalized spacial score (nSPS) is 19.5. The Morgan fingerprint density at radius 3 is 2.39 bits per heavy atom. The highest BCUT2D eigenvalue weighted by Crippen LogP contribution is 2.26. The van der Waals surface area contributed by atoms with Crippen molar-refractivity contribution in [2.75, 3.05) is 19.6 Å². The zero-order valence-corrected chi connectivity index (χ0v) is 10.5. The molecule has 1 unspecified atom stereocenters. The molecule has 0 amide bonds. The van der Waals surface area contributed by atoms with Gasteiger partial charge in [-0.1, -0.05) is 12.8 Å². The summed E-state index contributed by atoms with van der Waals surface area (Å²) in [4.78, 5) is 2.19. The van der Waals surface area contributed by atoms with Gasteiger partial charge in [-0.15, -0.1) is 0 Å². The molecule has 1 aromatic carbocycles. The summed E-state index contributed by atoms with van der Waals surface area (Å²) in [6, 6.07) is 3.40. The summed E-state index contributed by atoms with van der Waals surface area (Å²) in [5, 5.41) is 0. The fourth-order valence-corrected chi connectivity index (χ4v) is 2.65. The fraction of sp³-hybridized carbons (Fsp3) is 0.571. The number of likely N-dealkylation sites (tertiary alicyclic amines) is 1. The van der Waals surface area contributed by atoms with Crippen molar-refractivity contribution < 1.29 is 8.78 Å². The lowest BCUT2D eigenvalue weighted by atomic mass is 10.0. The molecule has 18 heavy (non-hydrogen) atoms. The van der Waals surface area contributed by atoms with E-state index in [1.54, 1.807) is 0 Å². The van der Waals surface area contributed by atoms with Gasteiger partial charge in [0.05, 0.1) is 0 Å². The number of hydrogen-bond donors (Lipinski definition) is 1. The molecule has 0 aromatic heterocycles. The molecule has 1 atom stereocenters. The predicted molar refractivity (Wildman–Crippen MR) is 68.2 cm³/mol. The minimum absolute atomic E-state index is 0.209. The quantitative estimate of drug-likeness (QED) is 0.898. The van der Waals surface area contributed by atoms with Crippen LogP contribution < -0.4 is 5.73 Å². The second kappa shape index (κ2) is 6.25. The number of benzene rings is 1. The molecule has 2 N–H and O–H groups in total. The summed E-state index contributed by atoms with van der Waals surface area (Å²) in [6.45, 7) is 2.15. The van der Waals surface area contributed by atoms with Crippen LogP contribution in [0, 0.1) is 11.6 Å². The molecule has 1 heterocycles. The van der Waals surface area contributed by atoms with E-state index in [2.05, 4.69) is 4.90 Å². The molecule has 0 spiro atoms. The number of nitrogens with two attached hydrogens (primary N) is 1. The SMILES string of the molecule is NCC(c1cc(F)ccc1F)N1CCCCCC1. The van der Waals surface area contributed by atoms with Crippen LogP contribution in [0.4, 0.5) is 8.78 Å². The first kappa shape index (κ1) is 13.4. The van der Waals surface area contributed by atoms with Crippen molar-refractivity contribution in [3.8, 4) is 0 Å². The standard InChI is InChI=1S/C14H20F2N2/c15-11-5-6-13(16)12(9-11)14(10-17)18-7-3-1-2-4-8-18/h5-6,9,14H,1-4,7-8,10,17H2. The van der Waals surface area contributed by atoms with Gasteiger partial charge in [-0.2, -0.15) is 0 Å². The van der Waals surface area contributed by atoms with E-state index in [-0.39, 0.29) is 11.9 Å². The molecule has 4 heteroatoms. The number of nitrogens with zero attached hydrogens (tertiary/aromatic N) is 1. The van der Waals surface area contributed by atoms with E-state index in [1.165, 1.54) is 25.0 Å². The molecule has 1 aliphatic rings. The van der Waals surface area contributed by atoms with E-state index in [4.69, 9.17) is 5.73 Å². The summed E-state index contributed by atoms with van der Waals surface area (Å²) in [5.74, 6) is -0.768. The van der Waals surface area contributed by atoms with Crippen LogP contribution >= 0.6 is 0 Å². The zero-order valence-electron chi connectivity index (χ0n) is 10.5. The largest absolute Gasteiger partial charge is 0.329 e. The Balaban J connectivity index is 2.23. The molecular weight excluding hydrogens is 234 g/mol. The van der Waals surface area contributed by atoms with Crippen molar-refractivity contribution in [3.63, 3.8) is 0 Å². The molecule has 0 bridgehead atoms. The molecule has 1 aromatic rings. The van der Waals surface area contributed by atoms with E-state index in [9.17, 15) is 8.78 Å². The Bertz CT molecular complexity index is 387. The molecule has 1 saturated heterocycles. The van der Waals surface area contributed by atoms with E-state index in [0.29, 0.717) is 12.1 Å². The highest BCUT2D eigenvalue weighted by molar-refractivity contribution is 5.23. The second-order valence-electron chi connectivity index (χ2n) is 4.87. The van der Waals surface area contributed by atoms with Gasteiger partial charge in [0.2, 0.25) is 0 Å². The Morgan fingerprint density at radius 2 is 1.78 bits per heavy atom. The van der Waals surface area contributed by atoms with Gasteiger partial charge in [0.15, 0.2) is 0 Å². The average molecular weight is 254 g/mol. The van der Waals surface area contributed by atoms with Crippen molar-refractivity contribution in [2.45, 2.75) is 31.7 Å². The topological polar surface area (TPSA) is 29.3 Å². The minimum atomic E-state index is -0.403. The van der Waals surface area contributed by atoms with Gasteiger partial charge in [-0.3, -0.25) is 4.90 Å². The summed E-state index contributed by atoms with van der Waals surface area (Å²) in [6.07, 6.45) is 4.62. The maximum atomic E-state index is 13.8. The molecule has 0 saturated carbocycles. The van der Waals surface area contributed by atoms with Crippen LogP contribution in [0.3, 0.4) is 0 Å². The van der Waals surface area contributed by atoms with E-state index >= 15 is 0 Å². The minimum Gasteiger partial charge on any atom is -0.329 e. The molecule has 0 aliphatic carbocycles. The van der Waals surface area contributed by atoms with E-state index < -0.39 is 5.82 Å². The highest BCUT2D eigenvalue weighted by Gasteiger charge is 2.23. The van der Waals surface area contributed by atoms with Crippen LogP contribution in [0.15, 0.2) is 18.2 Å². The first-order valence-corrected chi connectivity index (χ1v) is 6.61. The van der Waals surface area contributed by atoms with Crippen LogP contribution in [0.25, 0.3) is 0 Å². The molecule has 2 nitrogen and oxygen atoms in total. The Labute approximate surface area is 107 Å². The highest BCUT2D eigenvalue weighted by atomic mass is 19.1. The van der Waals surface area contributed by atoms with Crippen LogP contribution in [-0.2, 0) is 0 Å². The summed E-state index contributed by atoms with van der Waals surface area (Å²) in [7, 11) is 0. The Kier molecular flexibility index (Phi) is 4.66. The van der Waals surface area contributed by atoms with Crippen molar-refractivity contribution >= 4 is 0 Å². The maximum absolute atomic E-state index is 13.8. The Morgan fingerprint density at radius 1 is 1.11 bits per heavy atom. The number of rotatable bonds is 3. The van der Waals surface area contributed by atoms with Crippen molar-refractivity contribution in [1.82, 2.24) is 4.90 Å². The average Bonchev–Trinajstić information content (AvgIpc) is 2.64. The molecule has 2 rings (SSSR count). The molecule has 1 aliphatic heterocycles. The smallest absolute Gasteiger partial charge is 0.128 e. The van der Waals surface area contributed by atoms with Gasteiger partial charge < -0.3 is 5.73 Å². The van der Waals surface area contributed by atoms with Gasteiger partial charge in [0.1, 0.15) is 11.6 Å². The van der Waals surface area contributed by atoms with Crippen molar-refractivity contribution in [1.29, 1.82) is 0 Å². The molecule has 100 valence electrons. The third kappa shape index (κ3) is 3.06. The monoisotopic (exact) mass is 254 g/mol. The van der Waals surface area contributed by atoms with E-state index in [1.807, 2.05) is 0 Å². The third-order valence-electron chi connectivity index (χ3n) is 3.62. The second-order valence-corrected chi connectivity index (χ2v) is 4.87. The van der Waals surface area contributed by atoms with Crippen LogP contribution in [0.1, 0.15) is 37.3 Å². The van der Waals surface area contributed by atoms with Gasteiger partial charge >= 0.3 is 0 Å². The molecular formula is C14H20F2N2. The predicted octanol–water partition coefficient (Wildman–Crippen LogP) is 2.84. The van der Waals surface area contributed by atoms with Gasteiger partial charge in [-0.05, 0) is 44.1 Å². The summed E-state index contributed by atoms with van der Waals surface area (Å²) < 4.78 is 27.1. The van der Waals surface area contributed by atoms with Gasteiger partial charge in [0.25, 0.3) is 0 Å². The first-order valence-electron chi connectivity index (χ1n) is 6.61. The molecule has 1 fully saturated rings. The number of halogens is 2. The van der Waals surface area contributed by atoms with Gasteiger partial charge in [0, 0.05) is 18.2 Å². The first-order chi connectivity index (χ1) is 8.72. The van der Waals surface area contributed by atoms with Gasteiger partial charge in [-0.25, -0.2) is 8.78 Å². The molecule has 0 radical (unpaired) electrons. The lowest BCUT2D eigenvalue weighted by molar-refractivity contribution is 0.205. The summed E-state index contributed by atoms with van der Waals surface area (Å²) in [5.41, 5.74) is 6.16. The van der Waals surface area contributed by atoms with Crippen LogP contribution in [0.2, 0.25) is 0 Å². The zero-order chi connectivity index (χ0) is 13.0.